The van der Waals surface area contributed by atoms with Crippen molar-refractivity contribution in [3.05, 3.63) is 70.8 Å². The first-order valence-electron chi connectivity index (χ1n) is 9.34. The van der Waals surface area contributed by atoms with Crippen LogP contribution in [0.25, 0.3) is 0 Å². The molecule has 3 rings (SSSR count). The zero-order chi connectivity index (χ0) is 18.7. The van der Waals surface area contributed by atoms with E-state index in [-0.39, 0.29) is 6.04 Å². The summed E-state index contributed by atoms with van der Waals surface area (Å²) in [5.74, 6) is 0.513. The van der Waals surface area contributed by atoms with Gasteiger partial charge in [0.05, 0.1) is 5.56 Å². The molecule has 1 aliphatic rings. The van der Waals surface area contributed by atoms with E-state index in [1.165, 1.54) is 23.3 Å². The molecular weight excluding hydrogens is 335 g/mol. The van der Waals surface area contributed by atoms with Crippen molar-refractivity contribution in [3.63, 3.8) is 0 Å². The van der Waals surface area contributed by atoms with Gasteiger partial charge in [0, 0.05) is 12.6 Å². The number of halogens is 3. The van der Waals surface area contributed by atoms with Crippen LogP contribution in [0.4, 0.5) is 13.2 Å². The maximum atomic E-state index is 12.8. The minimum Gasteiger partial charge on any atom is -0.292 e. The Morgan fingerprint density at radius 1 is 0.962 bits per heavy atom. The van der Waals surface area contributed by atoms with Crippen molar-refractivity contribution in [2.24, 2.45) is 0 Å². The Labute approximate surface area is 153 Å². The van der Waals surface area contributed by atoms with Crippen LogP contribution in [0, 0.1) is 0 Å². The summed E-state index contributed by atoms with van der Waals surface area (Å²) in [6, 6.07) is 14.6. The van der Waals surface area contributed by atoms with Crippen LogP contribution >= 0.6 is 0 Å². The molecule has 4 heteroatoms. The van der Waals surface area contributed by atoms with Gasteiger partial charge in [-0.2, -0.15) is 13.2 Å². The maximum absolute atomic E-state index is 12.8. The molecule has 1 aliphatic heterocycles. The van der Waals surface area contributed by atoms with Gasteiger partial charge >= 0.3 is 6.18 Å². The monoisotopic (exact) mass is 361 g/mol. The fraction of sp³-hybridized carbons (Fsp3) is 0.455. The smallest absolute Gasteiger partial charge is 0.292 e. The van der Waals surface area contributed by atoms with E-state index in [0.29, 0.717) is 5.92 Å². The van der Waals surface area contributed by atoms with Crippen molar-refractivity contribution in [1.29, 1.82) is 0 Å². The Morgan fingerprint density at radius 2 is 1.62 bits per heavy atom. The van der Waals surface area contributed by atoms with Crippen LogP contribution in [0.5, 0.6) is 0 Å². The van der Waals surface area contributed by atoms with Crippen molar-refractivity contribution in [3.8, 4) is 0 Å². The lowest BCUT2D eigenvalue weighted by molar-refractivity contribution is -0.137. The van der Waals surface area contributed by atoms with E-state index < -0.39 is 11.7 Å². The highest BCUT2D eigenvalue weighted by molar-refractivity contribution is 5.28. The van der Waals surface area contributed by atoms with Crippen molar-refractivity contribution < 1.29 is 13.2 Å². The number of benzene rings is 2. The lowest BCUT2D eigenvalue weighted by Gasteiger charge is -2.36. The van der Waals surface area contributed by atoms with Crippen LogP contribution in [0.2, 0.25) is 0 Å². The molecule has 0 bridgehead atoms. The van der Waals surface area contributed by atoms with Crippen LogP contribution in [0.3, 0.4) is 0 Å². The number of rotatable bonds is 4. The third-order valence-corrected chi connectivity index (χ3v) is 5.27. The first kappa shape index (κ1) is 19.0. The van der Waals surface area contributed by atoms with Gasteiger partial charge in [-0.1, -0.05) is 56.7 Å². The van der Waals surface area contributed by atoms with Gasteiger partial charge in [-0.3, -0.25) is 4.90 Å². The van der Waals surface area contributed by atoms with Crippen LogP contribution in [0.1, 0.15) is 67.3 Å². The SMILES string of the molecule is CC(C)c1ccc(CN2CCCCC2c2ccc(C(F)(F)F)cc2)cc1. The average Bonchev–Trinajstić information content (AvgIpc) is 2.62. The minimum atomic E-state index is -4.27. The van der Waals surface area contributed by atoms with Crippen molar-refractivity contribution in [2.75, 3.05) is 6.54 Å². The summed E-state index contributed by atoms with van der Waals surface area (Å²) in [6.45, 7) is 6.18. The van der Waals surface area contributed by atoms with Gasteiger partial charge in [0.15, 0.2) is 0 Å². The second-order valence-corrected chi connectivity index (χ2v) is 7.50. The second kappa shape index (κ2) is 7.83. The summed E-state index contributed by atoms with van der Waals surface area (Å²) in [5.41, 5.74) is 2.99. The maximum Gasteiger partial charge on any atom is 0.416 e. The Hall–Kier alpha value is -1.81. The molecule has 1 saturated heterocycles. The van der Waals surface area contributed by atoms with Gasteiger partial charge in [0.2, 0.25) is 0 Å². The van der Waals surface area contributed by atoms with E-state index >= 15 is 0 Å². The van der Waals surface area contributed by atoms with Gasteiger partial charge < -0.3 is 0 Å². The standard InChI is InChI=1S/C22H26F3N/c1-16(2)18-8-6-17(7-9-18)15-26-14-4-3-5-21(26)19-10-12-20(13-11-19)22(23,24)25/h6-13,16,21H,3-5,14-15H2,1-2H3. The van der Waals surface area contributed by atoms with E-state index in [9.17, 15) is 13.2 Å². The largest absolute Gasteiger partial charge is 0.416 e. The summed E-state index contributed by atoms with van der Waals surface area (Å²) in [7, 11) is 0. The molecule has 1 fully saturated rings. The Bertz CT molecular complexity index is 702. The van der Waals surface area contributed by atoms with E-state index in [0.717, 1.165) is 37.9 Å². The van der Waals surface area contributed by atoms with E-state index in [1.807, 2.05) is 0 Å². The molecule has 0 aromatic heterocycles. The molecule has 1 unspecified atom stereocenters. The van der Waals surface area contributed by atoms with Gasteiger partial charge in [0.1, 0.15) is 0 Å². The first-order valence-corrected chi connectivity index (χ1v) is 9.34. The van der Waals surface area contributed by atoms with Crippen molar-refractivity contribution in [1.82, 2.24) is 4.90 Å². The van der Waals surface area contributed by atoms with Crippen LogP contribution in [0.15, 0.2) is 48.5 Å². The number of hydrogen-bond donors (Lipinski definition) is 0. The summed E-state index contributed by atoms with van der Waals surface area (Å²) < 4.78 is 38.4. The van der Waals surface area contributed by atoms with E-state index in [4.69, 9.17) is 0 Å². The predicted octanol–water partition coefficient (Wildman–Crippen LogP) is 6.56. The van der Waals surface area contributed by atoms with Crippen LogP contribution < -0.4 is 0 Å². The highest BCUT2D eigenvalue weighted by atomic mass is 19.4. The predicted molar refractivity (Wildman–Crippen MR) is 99.0 cm³/mol. The molecule has 0 saturated carbocycles. The van der Waals surface area contributed by atoms with Crippen LogP contribution in [-0.2, 0) is 12.7 Å². The number of hydrogen-bond acceptors (Lipinski definition) is 1. The van der Waals surface area contributed by atoms with Gasteiger partial charge in [0.25, 0.3) is 0 Å². The molecule has 0 radical (unpaired) electrons. The summed E-state index contributed by atoms with van der Waals surface area (Å²) in [4.78, 5) is 2.40. The Morgan fingerprint density at radius 3 is 2.19 bits per heavy atom. The fourth-order valence-electron chi connectivity index (χ4n) is 3.69. The first-order chi connectivity index (χ1) is 12.3. The molecule has 1 nitrogen and oxygen atoms in total. The second-order valence-electron chi connectivity index (χ2n) is 7.50. The van der Waals surface area contributed by atoms with Crippen LogP contribution in [-0.4, -0.2) is 11.4 Å². The average molecular weight is 361 g/mol. The van der Waals surface area contributed by atoms with Gasteiger partial charge in [-0.15, -0.1) is 0 Å². The number of likely N-dealkylation sites (tertiary alicyclic amines) is 1. The lowest BCUT2D eigenvalue weighted by Crippen LogP contribution is -2.33. The van der Waals surface area contributed by atoms with Crippen molar-refractivity contribution in [2.45, 2.75) is 57.8 Å². The summed E-state index contributed by atoms with van der Waals surface area (Å²) in [6.07, 6.45) is -1.02. The topological polar surface area (TPSA) is 3.24 Å². The molecule has 2 aromatic carbocycles. The minimum absolute atomic E-state index is 0.191. The quantitative estimate of drug-likeness (QED) is 0.596. The molecule has 1 atom stereocenters. The molecule has 140 valence electrons. The molecule has 0 aliphatic carbocycles. The molecule has 2 aromatic rings. The van der Waals surface area contributed by atoms with E-state index in [2.05, 4.69) is 43.0 Å². The highest BCUT2D eigenvalue weighted by Gasteiger charge is 2.31. The summed E-state index contributed by atoms with van der Waals surface area (Å²) in [5, 5.41) is 0. The third kappa shape index (κ3) is 4.47. The molecule has 26 heavy (non-hydrogen) atoms. The fourth-order valence-corrected chi connectivity index (χ4v) is 3.69. The summed E-state index contributed by atoms with van der Waals surface area (Å²) >= 11 is 0. The molecule has 0 N–H and O–H groups in total. The molecule has 0 amide bonds. The van der Waals surface area contributed by atoms with Crippen molar-refractivity contribution >= 4 is 0 Å². The number of alkyl halides is 3. The lowest BCUT2D eigenvalue weighted by atomic mass is 9.93. The molecule has 0 spiro atoms. The zero-order valence-corrected chi connectivity index (χ0v) is 15.4. The number of piperidine rings is 1. The molecular formula is C22H26F3N. The number of nitrogens with zero attached hydrogens (tertiary/aromatic N) is 1. The van der Waals surface area contributed by atoms with Gasteiger partial charge in [-0.25, -0.2) is 0 Å². The Kier molecular flexibility index (Phi) is 5.71. The Balaban J connectivity index is 1.75. The molecule has 1 heterocycles. The highest BCUT2D eigenvalue weighted by Crippen LogP contribution is 2.35. The van der Waals surface area contributed by atoms with E-state index in [1.54, 1.807) is 12.1 Å². The third-order valence-electron chi connectivity index (χ3n) is 5.27. The van der Waals surface area contributed by atoms with Gasteiger partial charge in [-0.05, 0) is 54.1 Å². The zero-order valence-electron chi connectivity index (χ0n) is 15.4. The normalized spacial score (nSPS) is 19.1.